The standard InChI is InChI=1S/C38H35ClN4O6S/c1-18-23-15-20(39)8-13-30(23)50-33(18)27-17-31(42(4)40-27)43-35(46)26-16-24-21(9-10-22-32(24)36(47)41(3)34(22)45)25(38(26,2)37(43)48)11-6-19-7-12-28(44)29(14-19)49-5/h6-9,11-15,17,22,24-26,32,44H,10,16H2,1-5H3/t22-,24+,25-,26-,32-,38-/m0/s1. The number of allylic oxidation sites excluding steroid dienone is 3. The van der Waals surface area contributed by atoms with Crippen LogP contribution in [0.15, 0.2) is 60.2 Å². The van der Waals surface area contributed by atoms with E-state index >= 15 is 0 Å². The van der Waals surface area contributed by atoms with Crippen molar-refractivity contribution in [2.24, 2.45) is 42.1 Å². The van der Waals surface area contributed by atoms with Crippen molar-refractivity contribution in [2.75, 3.05) is 19.1 Å². The van der Waals surface area contributed by atoms with Gasteiger partial charge in [0.05, 0.1) is 35.2 Å². The molecule has 2 aliphatic heterocycles. The molecule has 0 unspecified atom stereocenters. The second-order valence-electron chi connectivity index (χ2n) is 13.9. The van der Waals surface area contributed by atoms with Crippen molar-refractivity contribution in [3.8, 4) is 22.1 Å². The average molecular weight is 711 g/mol. The fourth-order valence-electron chi connectivity index (χ4n) is 8.81. The third kappa shape index (κ3) is 4.48. The van der Waals surface area contributed by atoms with Crippen LogP contribution in [-0.2, 0) is 26.2 Å². The highest BCUT2D eigenvalue weighted by molar-refractivity contribution is 7.22. The number of likely N-dealkylation sites (tertiary alicyclic amines) is 1. The van der Waals surface area contributed by atoms with Gasteiger partial charge in [0.1, 0.15) is 11.5 Å². The fraction of sp³-hybridized carbons (Fsp3) is 0.342. The van der Waals surface area contributed by atoms with Gasteiger partial charge in [0.15, 0.2) is 11.5 Å². The number of thiophene rings is 1. The van der Waals surface area contributed by atoms with Crippen molar-refractivity contribution in [3.63, 3.8) is 0 Å². The number of aromatic nitrogens is 2. The lowest BCUT2D eigenvalue weighted by molar-refractivity contribution is -0.139. The average Bonchev–Trinajstić information content (AvgIpc) is 3.76. The highest BCUT2D eigenvalue weighted by atomic mass is 35.5. The number of phenolic OH excluding ortho intramolecular Hbond substituents is 1. The Kier molecular flexibility index (Phi) is 7.40. The number of ether oxygens (including phenoxy) is 1. The lowest BCUT2D eigenvalue weighted by Crippen LogP contribution is -2.49. The summed E-state index contributed by atoms with van der Waals surface area (Å²) < 4.78 is 7.95. The Morgan fingerprint density at radius 2 is 1.82 bits per heavy atom. The van der Waals surface area contributed by atoms with Gasteiger partial charge in [-0.3, -0.25) is 28.8 Å². The summed E-state index contributed by atoms with van der Waals surface area (Å²) in [4.78, 5) is 59.5. The van der Waals surface area contributed by atoms with Crippen LogP contribution < -0.4 is 9.64 Å². The lowest BCUT2D eigenvalue weighted by atomic mass is 9.52. The number of imide groups is 2. The minimum atomic E-state index is -1.18. The number of anilines is 1. The maximum absolute atomic E-state index is 14.9. The molecule has 8 rings (SSSR count). The molecule has 4 amide bonds. The summed E-state index contributed by atoms with van der Waals surface area (Å²) in [5.41, 5.74) is 2.10. The lowest BCUT2D eigenvalue weighted by Gasteiger charge is -2.47. The van der Waals surface area contributed by atoms with E-state index in [1.54, 1.807) is 41.3 Å². The summed E-state index contributed by atoms with van der Waals surface area (Å²) in [5, 5.41) is 16.6. The number of benzene rings is 2. The number of aryl methyl sites for hydroxylation is 2. The van der Waals surface area contributed by atoms with Crippen molar-refractivity contribution in [3.05, 3.63) is 76.3 Å². The number of halogens is 1. The van der Waals surface area contributed by atoms with E-state index in [1.807, 2.05) is 50.3 Å². The number of fused-ring (bicyclic) bond motifs is 5. The minimum absolute atomic E-state index is 0.00126. The third-order valence-corrected chi connectivity index (χ3v) is 13.0. The Hall–Kier alpha value is -4.74. The molecule has 6 atom stereocenters. The molecular weight excluding hydrogens is 676 g/mol. The molecule has 4 aromatic rings. The number of nitrogens with zero attached hydrogens (tertiary/aromatic N) is 4. The van der Waals surface area contributed by atoms with Crippen molar-refractivity contribution in [2.45, 2.75) is 26.7 Å². The largest absolute Gasteiger partial charge is 0.504 e. The van der Waals surface area contributed by atoms with Crippen LogP contribution >= 0.6 is 22.9 Å². The zero-order valence-corrected chi connectivity index (χ0v) is 29.7. The minimum Gasteiger partial charge on any atom is -0.504 e. The smallest absolute Gasteiger partial charge is 0.242 e. The Balaban J connectivity index is 1.23. The molecule has 0 bridgehead atoms. The summed E-state index contributed by atoms with van der Waals surface area (Å²) in [7, 11) is 4.72. The van der Waals surface area contributed by atoms with Crippen LogP contribution in [0, 0.1) is 41.9 Å². The van der Waals surface area contributed by atoms with Gasteiger partial charge in [-0.25, -0.2) is 4.90 Å². The number of aromatic hydroxyl groups is 1. The second-order valence-corrected chi connectivity index (χ2v) is 15.4. The maximum Gasteiger partial charge on any atom is 0.242 e. The van der Waals surface area contributed by atoms with Gasteiger partial charge in [-0.15, -0.1) is 11.3 Å². The SMILES string of the molecule is COc1cc(C=C[C@H]2C3=CC[C@@H]4C(=O)N(C)C(=O)[C@@H]4[C@@H]3C[C@H]3C(=O)N(c4cc(-c5sc6ccc(Cl)cc6c5C)nn4C)C(=O)[C@@]23C)ccc1O. The quantitative estimate of drug-likeness (QED) is 0.188. The molecule has 1 saturated carbocycles. The van der Waals surface area contributed by atoms with Crippen molar-refractivity contribution in [1.29, 1.82) is 0 Å². The molecule has 2 aromatic carbocycles. The molecule has 10 nitrogen and oxygen atoms in total. The van der Waals surface area contributed by atoms with E-state index in [0.29, 0.717) is 28.7 Å². The molecule has 2 aromatic heterocycles. The van der Waals surface area contributed by atoms with Gasteiger partial charge in [-0.2, -0.15) is 5.10 Å². The Labute approximate surface area is 297 Å². The van der Waals surface area contributed by atoms with Crippen LogP contribution in [0.2, 0.25) is 5.02 Å². The molecule has 4 aliphatic rings. The van der Waals surface area contributed by atoms with Gasteiger partial charge in [-0.05, 0) is 79.5 Å². The zero-order chi connectivity index (χ0) is 35.4. The zero-order valence-electron chi connectivity index (χ0n) is 28.1. The summed E-state index contributed by atoms with van der Waals surface area (Å²) in [6.07, 6.45) is 6.47. The molecular formula is C38H35ClN4O6S. The highest BCUT2D eigenvalue weighted by Crippen LogP contribution is 2.61. The van der Waals surface area contributed by atoms with E-state index in [1.165, 1.54) is 30.0 Å². The van der Waals surface area contributed by atoms with Gasteiger partial charge in [0.2, 0.25) is 23.6 Å². The molecule has 12 heteroatoms. The Morgan fingerprint density at radius 1 is 1.04 bits per heavy atom. The number of methoxy groups -OCH3 is 1. The predicted molar refractivity (Wildman–Crippen MR) is 191 cm³/mol. The van der Waals surface area contributed by atoms with E-state index in [4.69, 9.17) is 21.4 Å². The number of amides is 4. The topological polar surface area (TPSA) is 122 Å². The molecule has 0 spiro atoms. The summed E-state index contributed by atoms with van der Waals surface area (Å²) in [6.45, 7) is 3.86. The monoisotopic (exact) mass is 710 g/mol. The van der Waals surface area contributed by atoms with Crippen molar-refractivity contribution >= 4 is 68.5 Å². The molecule has 1 N–H and O–H groups in total. The van der Waals surface area contributed by atoms with Gasteiger partial charge in [0, 0.05) is 35.8 Å². The second kappa shape index (κ2) is 11.4. The summed E-state index contributed by atoms with van der Waals surface area (Å²) >= 11 is 7.87. The Bertz CT molecular complexity index is 2240. The molecule has 2 aliphatic carbocycles. The van der Waals surface area contributed by atoms with E-state index in [9.17, 15) is 24.3 Å². The fourth-order valence-corrected chi connectivity index (χ4v) is 10.1. The number of hydrogen-bond donors (Lipinski definition) is 1. The van der Waals surface area contributed by atoms with E-state index < -0.39 is 29.1 Å². The third-order valence-electron chi connectivity index (χ3n) is 11.5. The highest BCUT2D eigenvalue weighted by Gasteiger charge is 2.67. The molecule has 3 fully saturated rings. The first-order valence-corrected chi connectivity index (χ1v) is 17.7. The first-order chi connectivity index (χ1) is 23.8. The van der Waals surface area contributed by atoms with Crippen LogP contribution in [-0.4, -0.2) is 57.6 Å². The predicted octanol–water partition coefficient (Wildman–Crippen LogP) is 6.38. The van der Waals surface area contributed by atoms with E-state index in [0.717, 1.165) is 31.7 Å². The van der Waals surface area contributed by atoms with Gasteiger partial charge < -0.3 is 9.84 Å². The first-order valence-electron chi connectivity index (χ1n) is 16.5. The normalized spacial score (nSPS) is 27.7. The van der Waals surface area contributed by atoms with Crippen LogP contribution in [0.25, 0.3) is 26.7 Å². The number of phenols is 1. The van der Waals surface area contributed by atoms with E-state index in [2.05, 4.69) is 0 Å². The molecule has 50 heavy (non-hydrogen) atoms. The van der Waals surface area contributed by atoms with Crippen LogP contribution in [0.3, 0.4) is 0 Å². The van der Waals surface area contributed by atoms with Gasteiger partial charge >= 0.3 is 0 Å². The summed E-state index contributed by atoms with van der Waals surface area (Å²) in [6, 6.07) is 12.5. The number of carbonyl (C=O) groups is 4. The molecule has 4 heterocycles. The van der Waals surface area contributed by atoms with Gasteiger partial charge in [0.25, 0.3) is 0 Å². The molecule has 2 saturated heterocycles. The number of hydrogen-bond acceptors (Lipinski definition) is 8. The van der Waals surface area contributed by atoms with Crippen LogP contribution in [0.4, 0.5) is 5.82 Å². The maximum atomic E-state index is 14.9. The number of carbonyl (C=O) groups excluding carboxylic acids is 4. The van der Waals surface area contributed by atoms with Gasteiger partial charge in [-0.1, -0.05) is 41.5 Å². The van der Waals surface area contributed by atoms with E-state index in [-0.39, 0.29) is 41.7 Å². The summed E-state index contributed by atoms with van der Waals surface area (Å²) in [5.74, 6) is -3.22. The van der Waals surface area contributed by atoms with Crippen molar-refractivity contribution < 1.29 is 29.0 Å². The van der Waals surface area contributed by atoms with Crippen molar-refractivity contribution in [1.82, 2.24) is 14.7 Å². The molecule has 256 valence electrons. The Morgan fingerprint density at radius 3 is 2.58 bits per heavy atom. The first kappa shape index (κ1) is 32.5. The number of rotatable bonds is 5. The van der Waals surface area contributed by atoms with Crippen LogP contribution in [0.5, 0.6) is 11.5 Å². The molecule has 0 radical (unpaired) electrons. The van der Waals surface area contributed by atoms with Crippen LogP contribution in [0.1, 0.15) is 30.9 Å².